The van der Waals surface area contributed by atoms with E-state index < -0.39 is 29.1 Å². The zero-order valence-corrected chi connectivity index (χ0v) is 26.8. The molecule has 1 aromatic rings. The molecule has 1 atom stereocenters. The van der Waals surface area contributed by atoms with Gasteiger partial charge in [0, 0.05) is 5.54 Å². The van der Waals surface area contributed by atoms with Gasteiger partial charge in [0.25, 0.3) is 0 Å². The number of halogens is 2. The van der Waals surface area contributed by atoms with Crippen molar-refractivity contribution in [3.63, 3.8) is 0 Å². The normalized spacial score (nSPS) is 18.2. The van der Waals surface area contributed by atoms with Crippen LogP contribution in [0.15, 0.2) is 42.5 Å². The van der Waals surface area contributed by atoms with Gasteiger partial charge in [-0.25, -0.2) is 0 Å². The van der Waals surface area contributed by atoms with E-state index in [-0.39, 0.29) is 13.7 Å². The van der Waals surface area contributed by atoms with Gasteiger partial charge < -0.3 is 5.73 Å². The molecule has 166 valence electrons. The molecule has 6 heteroatoms. The van der Waals surface area contributed by atoms with Crippen LogP contribution in [-0.2, 0) is 7.33 Å². The number of nitrogens with two attached hydrogens (primary N) is 1. The number of fused-ring (bicyclic) bond motifs is 1. The molecule has 0 amide bonds. The third kappa shape index (κ3) is 9.86. The molecule has 0 saturated heterocycles. The molecule has 1 aromatic carbocycles. The van der Waals surface area contributed by atoms with E-state index in [0.717, 1.165) is 19.4 Å². The van der Waals surface area contributed by atoms with Crippen LogP contribution < -0.4 is 5.73 Å². The molecule has 1 unspecified atom stereocenters. The van der Waals surface area contributed by atoms with E-state index in [1.54, 1.807) is 0 Å². The Morgan fingerprint density at radius 3 is 2.20 bits per heavy atom. The second-order valence-corrected chi connectivity index (χ2v) is 30.6. The molecule has 0 aliphatic heterocycles. The molecule has 2 N–H and O–H groups in total. The maximum absolute atomic E-state index is 6.71. The Balaban J connectivity index is 0.000000804. The fourth-order valence-corrected chi connectivity index (χ4v) is 27.7. The molecular weight excluding hydrogens is 622 g/mol. The van der Waals surface area contributed by atoms with Gasteiger partial charge >= 0.3 is 171 Å². The van der Waals surface area contributed by atoms with Gasteiger partial charge in [-0.05, 0) is 20.8 Å². The van der Waals surface area contributed by atoms with Crippen molar-refractivity contribution in [3.8, 4) is 0 Å². The van der Waals surface area contributed by atoms with Crippen LogP contribution in [0.4, 0.5) is 0 Å². The number of benzene rings is 1. The van der Waals surface area contributed by atoms with Crippen LogP contribution in [0.5, 0.6) is 0 Å². The molecule has 1 aliphatic carbocycles. The van der Waals surface area contributed by atoms with Gasteiger partial charge in [-0.1, -0.05) is 0 Å². The Morgan fingerprint density at radius 2 is 1.63 bits per heavy atom. The van der Waals surface area contributed by atoms with Crippen molar-refractivity contribution in [1.82, 2.24) is 0 Å². The Labute approximate surface area is 201 Å². The van der Waals surface area contributed by atoms with Crippen LogP contribution >= 0.6 is 16.6 Å². The number of allylic oxidation sites excluding steroid dienone is 2. The molecule has 0 radical (unpaired) electrons. The fraction of sp³-hybridized carbons (Fsp3) is 0.583. The van der Waals surface area contributed by atoms with Crippen molar-refractivity contribution in [3.05, 3.63) is 53.6 Å². The zero-order valence-electron chi connectivity index (χ0n) is 19.8. The summed E-state index contributed by atoms with van der Waals surface area (Å²) in [5.41, 5.74) is 8.01. The third-order valence-corrected chi connectivity index (χ3v) is 29.7. The summed E-state index contributed by atoms with van der Waals surface area (Å²) in [6.07, 6.45) is 11.2. The van der Waals surface area contributed by atoms with Crippen LogP contribution in [-0.4, -0.2) is 46.8 Å². The summed E-state index contributed by atoms with van der Waals surface area (Å²) in [7, 11) is 12.7. The van der Waals surface area contributed by atoms with E-state index in [2.05, 4.69) is 75.9 Å². The molecule has 0 fully saturated rings. The number of ether oxygens (including phenoxy) is 1. The summed E-state index contributed by atoms with van der Waals surface area (Å²) >= 11 is -2.77. The first-order valence-corrected chi connectivity index (χ1v) is 26.3. The van der Waals surface area contributed by atoms with E-state index in [0.29, 0.717) is 0 Å². The SMILES string of the molecule is CC(C)(C)N.C[Si+](CCC=CCCOC(C)(C)C)[C]1([Tl]([Cl])[Cl])C=Cc2ccccc21. The van der Waals surface area contributed by atoms with Crippen LogP contribution in [0.25, 0.3) is 6.08 Å². The molecule has 0 bridgehead atoms. The Morgan fingerprint density at radius 1 is 1.07 bits per heavy atom. The van der Waals surface area contributed by atoms with Gasteiger partial charge in [0.2, 0.25) is 0 Å². The van der Waals surface area contributed by atoms with E-state index >= 15 is 0 Å². The first-order valence-electron chi connectivity index (χ1n) is 10.7. The summed E-state index contributed by atoms with van der Waals surface area (Å²) < 4.78 is 5.78. The molecule has 30 heavy (non-hydrogen) atoms. The molecule has 2 rings (SSSR count). The second kappa shape index (κ2) is 12.5. The molecule has 2 nitrogen and oxygen atoms in total. The standard InChI is InChI=1S/C20H28OSi.C4H11N.2ClH.Tl/c1-20(2,3)21-15-9-5-6-10-16-22(4)19-14-13-17-11-7-8-12-18(17)19;1-4(2,3)5;;;/h5-8,11-14H,9-10,15-16H2,1-4H3;5H2,1-3H3;2*1H;/q+1;;;;+2/p-2. The summed E-state index contributed by atoms with van der Waals surface area (Å²) in [6.45, 7) is 15.4. The van der Waals surface area contributed by atoms with E-state index in [4.69, 9.17) is 27.1 Å². The fourth-order valence-electron chi connectivity index (χ4n) is 3.25. The minimum atomic E-state index is -2.77. The van der Waals surface area contributed by atoms with E-state index in [1.807, 2.05) is 20.8 Å². The summed E-state index contributed by atoms with van der Waals surface area (Å²) in [5, 5.41) is 0. The molecule has 1 aliphatic rings. The summed E-state index contributed by atoms with van der Waals surface area (Å²) in [6, 6.07) is 9.84. The first-order chi connectivity index (χ1) is 13.8. The van der Waals surface area contributed by atoms with Crippen molar-refractivity contribution >= 4 is 51.8 Å². The molecule has 0 aromatic heterocycles. The van der Waals surface area contributed by atoms with Crippen molar-refractivity contribution in [2.24, 2.45) is 5.73 Å². The minimum absolute atomic E-state index is 0. The second-order valence-electron chi connectivity index (χ2n) is 10.00. The van der Waals surface area contributed by atoms with E-state index in [9.17, 15) is 0 Å². The van der Waals surface area contributed by atoms with Crippen molar-refractivity contribution in [2.75, 3.05) is 6.61 Å². The Kier molecular flexibility index (Phi) is 11.9. The average Bonchev–Trinajstić information content (AvgIpc) is 2.99. The van der Waals surface area contributed by atoms with E-state index in [1.165, 1.54) is 17.2 Å². The van der Waals surface area contributed by atoms with Gasteiger partial charge in [-0.15, -0.1) is 0 Å². The molecular formula is C24H39Cl2NOSiTl+. The molecule has 0 saturated carbocycles. The van der Waals surface area contributed by atoms with Gasteiger partial charge in [0.1, 0.15) is 0 Å². The quantitative estimate of drug-likeness (QED) is 0.185. The van der Waals surface area contributed by atoms with Crippen molar-refractivity contribution in [1.29, 1.82) is 0 Å². The Bertz CT molecular complexity index is 704. The average molecular weight is 661 g/mol. The van der Waals surface area contributed by atoms with Crippen LogP contribution in [0, 0.1) is 0 Å². The maximum atomic E-state index is 6.71. The number of hydrogen-bond donors (Lipinski definition) is 1. The van der Waals surface area contributed by atoms with Crippen LogP contribution in [0.3, 0.4) is 0 Å². The van der Waals surface area contributed by atoms with Gasteiger partial charge in [0.05, 0.1) is 0 Å². The van der Waals surface area contributed by atoms with Gasteiger partial charge in [0.15, 0.2) is 0 Å². The van der Waals surface area contributed by atoms with Crippen molar-refractivity contribution < 1.29 is 4.74 Å². The van der Waals surface area contributed by atoms with Crippen LogP contribution in [0.2, 0.25) is 12.6 Å². The first kappa shape index (κ1) is 28.4. The van der Waals surface area contributed by atoms with Crippen molar-refractivity contribution in [2.45, 2.75) is 80.7 Å². The van der Waals surface area contributed by atoms with Gasteiger partial charge in [-0.3, -0.25) is 0 Å². The molecule has 0 spiro atoms. The topological polar surface area (TPSA) is 35.2 Å². The predicted molar refractivity (Wildman–Crippen MR) is 139 cm³/mol. The molecule has 0 heterocycles. The number of rotatable bonds is 8. The predicted octanol–water partition coefficient (Wildman–Crippen LogP) is 7.02. The third-order valence-electron chi connectivity index (χ3n) is 4.65. The number of hydrogen-bond acceptors (Lipinski definition) is 2. The summed E-state index contributed by atoms with van der Waals surface area (Å²) in [5.74, 6) is 0. The monoisotopic (exact) mass is 660 g/mol. The zero-order chi connectivity index (χ0) is 23.0. The Hall–Kier alpha value is 0.339. The summed E-state index contributed by atoms with van der Waals surface area (Å²) in [4.78, 5) is 0. The van der Waals surface area contributed by atoms with Gasteiger partial charge in [-0.2, -0.15) is 0 Å². The van der Waals surface area contributed by atoms with Crippen LogP contribution in [0.1, 0.15) is 65.5 Å².